The van der Waals surface area contributed by atoms with Gasteiger partial charge in [-0.05, 0) is 32.0 Å². The van der Waals surface area contributed by atoms with Crippen LogP contribution in [0.15, 0.2) is 0 Å². The fourth-order valence-corrected chi connectivity index (χ4v) is 3.40. The number of rotatable bonds is 4. The molecule has 1 aliphatic rings. The molecule has 1 N–H and O–H groups in total. The van der Waals surface area contributed by atoms with Crippen LogP contribution in [0, 0.1) is 11.7 Å². The summed E-state index contributed by atoms with van der Waals surface area (Å²) in [6.45, 7) is 3.50. The predicted molar refractivity (Wildman–Crippen MR) is 81.5 cm³/mol. The normalized spacial score (nSPS) is 17.1. The molecule has 110 valence electrons. The second-order valence-corrected chi connectivity index (χ2v) is 6.01. The van der Waals surface area contributed by atoms with Crippen LogP contribution in [-0.4, -0.2) is 32.0 Å². The summed E-state index contributed by atoms with van der Waals surface area (Å²) in [5.74, 6) is 0. The van der Waals surface area contributed by atoms with Crippen LogP contribution in [0.25, 0.3) is 11.2 Å². The highest BCUT2D eigenvalue weighted by atomic mass is 32.1. The minimum absolute atomic E-state index is 0.445. The molecule has 0 radical (unpaired) electrons. The Labute approximate surface area is 123 Å². The zero-order valence-electron chi connectivity index (χ0n) is 12.2. The Morgan fingerprint density at radius 1 is 1.35 bits per heavy atom. The minimum Gasteiger partial charge on any atom is -0.376 e. The van der Waals surface area contributed by atoms with Crippen molar-refractivity contribution in [2.24, 2.45) is 7.05 Å². The molecule has 1 fully saturated rings. The van der Waals surface area contributed by atoms with Gasteiger partial charge in [-0.3, -0.25) is 9.25 Å². The van der Waals surface area contributed by atoms with E-state index in [1.165, 1.54) is 32.1 Å². The highest BCUT2D eigenvalue weighted by molar-refractivity contribution is 7.71. The molecule has 0 amide bonds. The van der Waals surface area contributed by atoms with Crippen molar-refractivity contribution in [2.45, 2.75) is 51.7 Å². The van der Waals surface area contributed by atoms with Crippen molar-refractivity contribution in [3.8, 4) is 0 Å². The Kier molecular flexibility index (Phi) is 3.94. The van der Waals surface area contributed by atoms with Crippen LogP contribution in [0.1, 0.15) is 37.8 Å². The fourth-order valence-electron chi connectivity index (χ4n) is 3.12. The molecule has 2 aromatic heterocycles. The smallest absolute Gasteiger partial charge is 0.179 e. The van der Waals surface area contributed by atoms with Gasteiger partial charge in [0.05, 0.1) is 24.9 Å². The Hall–Kier alpha value is -1.14. The number of nitrogens with one attached hydrogen (secondary N) is 1. The van der Waals surface area contributed by atoms with E-state index in [-0.39, 0.29) is 0 Å². The van der Waals surface area contributed by atoms with Gasteiger partial charge in [-0.15, -0.1) is 0 Å². The van der Waals surface area contributed by atoms with Crippen molar-refractivity contribution in [2.75, 3.05) is 6.61 Å². The van der Waals surface area contributed by atoms with Gasteiger partial charge in [0.15, 0.2) is 10.4 Å². The number of fused-ring (bicyclic) bond motifs is 1. The molecule has 5 nitrogen and oxygen atoms in total. The Morgan fingerprint density at radius 2 is 2.10 bits per heavy atom. The van der Waals surface area contributed by atoms with Crippen LogP contribution in [0.2, 0.25) is 0 Å². The van der Waals surface area contributed by atoms with E-state index in [1.807, 2.05) is 18.7 Å². The first-order valence-corrected chi connectivity index (χ1v) is 7.81. The standard InChI is InChI=1S/C14H22N4OS/c1-10-12-13(17(2)16-10)18(14(20)15-12)8-9-19-11-6-4-3-5-7-11/h11H,3-9H2,1-2H3,(H,15,20). The van der Waals surface area contributed by atoms with Crippen LogP contribution in [0.3, 0.4) is 0 Å². The van der Waals surface area contributed by atoms with Crippen molar-refractivity contribution >= 4 is 23.4 Å². The Bertz CT molecular complexity index is 648. The van der Waals surface area contributed by atoms with E-state index < -0.39 is 0 Å². The van der Waals surface area contributed by atoms with Gasteiger partial charge < -0.3 is 9.72 Å². The summed E-state index contributed by atoms with van der Waals surface area (Å²) >= 11 is 5.41. The summed E-state index contributed by atoms with van der Waals surface area (Å²) in [4.78, 5) is 3.24. The molecule has 1 saturated carbocycles. The zero-order valence-corrected chi connectivity index (χ0v) is 13.0. The number of imidazole rings is 1. The molecule has 0 aromatic carbocycles. The van der Waals surface area contributed by atoms with Crippen LogP contribution >= 0.6 is 12.2 Å². The predicted octanol–water partition coefficient (Wildman–Crippen LogP) is 3.09. The number of hydrogen-bond donors (Lipinski definition) is 1. The van der Waals surface area contributed by atoms with Gasteiger partial charge in [-0.25, -0.2) is 0 Å². The third kappa shape index (κ3) is 2.54. The maximum absolute atomic E-state index is 6.00. The Balaban J connectivity index is 1.71. The van der Waals surface area contributed by atoms with Crippen molar-refractivity contribution < 1.29 is 4.74 Å². The summed E-state index contributed by atoms with van der Waals surface area (Å²) in [5.41, 5.74) is 3.08. The second-order valence-electron chi connectivity index (χ2n) is 5.62. The molecule has 0 spiro atoms. The van der Waals surface area contributed by atoms with E-state index in [0.29, 0.717) is 6.10 Å². The first-order chi connectivity index (χ1) is 9.66. The molecule has 0 bridgehead atoms. The molecule has 0 aliphatic heterocycles. The molecule has 3 rings (SSSR count). The molecule has 0 saturated heterocycles. The summed E-state index contributed by atoms with van der Waals surface area (Å²) in [7, 11) is 1.95. The molecule has 6 heteroatoms. The van der Waals surface area contributed by atoms with Gasteiger partial charge in [-0.1, -0.05) is 19.3 Å². The van der Waals surface area contributed by atoms with E-state index in [0.717, 1.165) is 34.8 Å². The first kappa shape index (κ1) is 13.8. The van der Waals surface area contributed by atoms with E-state index in [9.17, 15) is 0 Å². The van der Waals surface area contributed by atoms with Crippen LogP contribution in [0.5, 0.6) is 0 Å². The topological polar surface area (TPSA) is 47.8 Å². The van der Waals surface area contributed by atoms with Crippen molar-refractivity contribution in [3.63, 3.8) is 0 Å². The number of hydrogen-bond acceptors (Lipinski definition) is 3. The highest BCUT2D eigenvalue weighted by Gasteiger charge is 2.15. The molecule has 0 atom stereocenters. The number of aromatic nitrogens is 4. The lowest BCUT2D eigenvalue weighted by molar-refractivity contribution is 0.0242. The molecule has 2 heterocycles. The van der Waals surface area contributed by atoms with Gasteiger partial charge in [0, 0.05) is 7.05 Å². The molecule has 1 aliphatic carbocycles. The monoisotopic (exact) mass is 294 g/mol. The summed E-state index contributed by atoms with van der Waals surface area (Å²) in [6.07, 6.45) is 6.83. The van der Waals surface area contributed by atoms with E-state index in [2.05, 4.69) is 14.6 Å². The van der Waals surface area contributed by atoms with Gasteiger partial charge in [0.2, 0.25) is 0 Å². The van der Waals surface area contributed by atoms with Crippen molar-refractivity contribution in [1.29, 1.82) is 0 Å². The van der Waals surface area contributed by atoms with E-state index >= 15 is 0 Å². The average molecular weight is 294 g/mol. The zero-order chi connectivity index (χ0) is 14.1. The quantitative estimate of drug-likeness (QED) is 0.882. The summed E-state index contributed by atoms with van der Waals surface area (Å²) in [6, 6.07) is 0. The number of aryl methyl sites for hydroxylation is 2. The molecule has 2 aromatic rings. The second kappa shape index (κ2) is 5.69. The van der Waals surface area contributed by atoms with E-state index in [1.54, 1.807) is 0 Å². The maximum atomic E-state index is 6.00. The highest BCUT2D eigenvalue weighted by Crippen LogP contribution is 2.21. The lowest BCUT2D eigenvalue weighted by Crippen LogP contribution is -2.19. The van der Waals surface area contributed by atoms with Crippen LogP contribution in [0.4, 0.5) is 0 Å². The number of nitrogens with zero attached hydrogens (tertiary/aromatic N) is 3. The molecular formula is C14H22N4OS. The van der Waals surface area contributed by atoms with Crippen LogP contribution in [-0.2, 0) is 18.3 Å². The third-order valence-electron chi connectivity index (χ3n) is 4.15. The number of ether oxygens (including phenoxy) is 1. The lowest BCUT2D eigenvalue weighted by Gasteiger charge is -2.22. The third-order valence-corrected chi connectivity index (χ3v) is 4.47. The molecular weight excluding hydrogens is 272 g/mol. The van der Waals surface area contributed by atoms with Crippen molar-refractivity contribution in [3.05, 3.63) is 10.5 Å². The first-order valence-electron chi connectivity index (χ1n) is 7.40. The van der Waals surface area contributed by atoms with Crippen LogP contribution < -0.4 is 0 Å². The summed E-state index contributed by atoms with van der Waals surface area (Å²) in [5, 5.41) is 4.43. The van der Waals surface area contributed by atoms with E-state index in [4.69, 9.17) is 17.0 Å². The SMILES string of the molecule is Cc1nn(C)c2c1[nH]c(=S)n2CCOC1CCCCC1. The number of aromatic amines is 1. The van der Waals surface area contributed by atoms with Crippen molar-refractivity contribution in [1.82, 2.24) is 19.3 Å². The van der Waals surface area contributed by atoms with Gasteiger partial charge in [0.25, 0.3) is 0 Å². The van der Waals surface area contributed by atoms with Gasteiger partial charge in [0.1, 0.15) is 5.52 Å². The largest absolute Gasteiger partial charge is 0.376 e. The molecule has 20 heavy (non-hydrogen) atoms. The maximum Gasteiger partial charge on any atom is 0.179 e. The Morgan fingerprint density at radius 3 is 2.85 bits per heavy atom. The number of H-pyrrole nitrogens is 1. The van der Waals surface area contributed by atoms with Gasteiger partial charge >= 0.3 is 0 Å². The molecule has 0 unspecified atom stereocenters. The minimum atomic E-state index is 0.445. The fraction of sp³-hybridized carbons (Fsp3) is 0.714. The summed E-state index contributed by atoms with van der Waals surface area (Å²) < 4.78 is 10.7. The lowest BCUT2D eigenvalue weighted by atomic mass is 9.98. The average Bonchev–Trinajstić information content (AvgIpc) is 2.90. The van der Waals surface area contributed by atoms with Gasteiger partial charge in [-0.2, -0.15) is 5.10 Å².